The molecule has 2 aromatic carbocycles. The van der Waals surface area contributed by atoms with Gasteiger partial charge in [-0.2, -0.15) is 0 Å². The highest BCUT2D eigenvalue weighted by molar-refractivity contribution is 5.31. The number of ether oxygens (including phenoxy) is 2. The lowest BCUT2D eigenvalue weighted by atomic mass is 9.78. The lowest BCUT2D eigenvalue weighted by Gasteiger charge is -2.38. The molecule has 2 unspecified atom stereocenters. The monoisotopic (exact) mass is 298 g/mol. The molecule has 0 aliphatic heterocycles. The largest absolute Gasteiger partial charge is 0.381 e. The maximum atomic E-state index is 6.25. The molecule has 2 nitrogen and oxygen atoms in total. The van der Waals surface area contributed by atoms with Crippen LogP contribution in [0.5, 0.6) is 0 Å². The Morgan fingerprint density at radius 2 is 1.45 bits per heavy atom. The maximum Gasteiger partial charge on any atom is 0.0993 e. The van der Waals surface area contributed by atoms with Crippen LogP contribution in [0.15, 0.2) is 60.7 Å². The third-order valence-electron chi connectivity index (χ3n) is 4.15. The van der Waals surface area contributed by atoms with E-state index < -0.39 is 5.60 Å². The van der Waals surface area contributed by atoms with Crippen molar-refractivity contribution in [3.05, 3.63) is 71.8 Å². The first-order valence-electron chi connectivity index (χ1n) is 8.04. The Hall–Kier alpha value is -1.64. The fraction of sp³-hybridized carbons (Fsp3) is 0.400. The van der Waals surface area contributed by atoms with Crippen LogP contribution in [0.1, 0.15) is 37.8 Å². The van der Waals surface area contributed by atoms with Crippen LogP contribution in [0.2, 0.25) is 0 Å². The van der Waals surface area contributed by atoms with Gasteiger partial charge in [-0.25, -0.2) is 0 Å². The zero-order chi connectivity index (χ0) is 15.8. The molecule has 2 atom stereocenters. The van der Waals surface area contributed by atoms with Gasteiger partial charge in [-0.1, -0.05) is 60.7 Å². The van der Waals surface area contributed by atoms with Crippen LogP contribution in [0, 0.1) is 0 Å². The van der Waals surface area contributed by atoms with E-state index in [1.54, 1.807) is 0 Å². The van der Waals surface area contributed by atoms with Crippen molar-refractivity contribution >= 4 is 0 Å². The second-order valence-electron chi connectivity index (χ2n) is 5.53. The minimum absolute atomic E-state index is 0.149. The van der Waals surface area contributed by atoms with Gasteiger partial charge in [-0.05, 0) is 31.9 Å². The van der Waals surface area contributed by atoms with Crippen molar-refractivity contribution in [1.82, 2.24) is 0 Å². The SMILES string of the molecule is CCOCC(c1ccccc1)C(C)(OCC)c1ccccc1. The average Bonchev–Trinajstić information content (AvgIpc) is 2.57. The molecule has 0 bridgehead atoms. The molecule has 0 aliphatic carbocycles. The fourth-order valence-electron chi connectivity index (χ4n) is 2.95. The highest BCUT2D eigenvalue weighted by Crippen LogP contribution is 2.40. The van der Waals surface area contributed by atoms with E-state index in [2.05, 4.69) is 55.5 Å². The number of hydrogen-bond donors (Lipinski definition) is 0. The molecule has 0 spiro atoms. The van der Waals surface area contributed by atoms with E-state index in [0.717, 1.165) is 0 Å². The summed E-state index contributed by atoms with van der Waals surface area (Å²) in [5, 5.41) is 0. The fourth-order valence-corrected chi connectivity index (χ4v) is 2.95. The summed E-state index contributed by atoms with van der Waals surface area (Å²) in [5.41, 5.74) is 2.02. The Labute approximate surface area is 134 Å². The Morgan fingerprint density at radius 3 is 2.00 bits per heavy atom. The van der Waals surface area contributed by atoms with E-state index in [1.807, 2.05) is 26.0 Å². The third kappa shape index (κ3) is 3.76. The first-order valence-corrected chi connectivity index (χ1v) is 8.04. The van der Waals surface area contributed by atoms with Crippen molar-refractivity contribution in [3.8, 4) is 0 Å². The lowest BCUT2D eigenvalue weighted by molar-refractivity contribution is -0.0699. The highest BCUT2D eigenvalue weighted by Gasteiger charge is 2.37. The predicted octanol–water partition coefficient (Wildman–Crippen LogP) is 4.76. The van der Waals surface area contributed by atoms with Crippen molar-refractivity contribution in [3.63, 3.8) is 0 Å². The molecular weight excluding hydrogens is 272 g/mol. The second-order valence-corrected chi connectivity index (χ2v) is 5.53. The number of benzene rings is 2. The van der Waals surface area contributed by atoms with Gasteiger partial charge in [-0.3, -0.25) is 0 Å². The maximum absolute atomic E-state index is 6.25. The van der Waals surface area contributed by atoms with Crippen molar-refractivity contribution in [2.45, 2.75) is 32.3 Å². The summed E-state index contributed by atoms with van der Waals surface area (Å²) < 4.78 is 12.0. The van der Waals surface area contributed by atoms with Crippen molar-refractivity contribution in [2.75, 3.05) is 19.8 Å². The molecule has 2 rings (SSSR count). The van der Waals surface area contributed by atoms with E-state index >= 15 is 0 Å². The van der Waals surface area contributed by atoms with E-state index in [9.17, 15) is 0 Å². The molecule has 0 amide bonds. The summed E-state index contributed by atoms with van der Waals surface area (Å²) in [7, 11) is 0. The molecule has 0 heterocycles. The van der Waals surface area contributed by atoms with E-state index in [4.69, 9.17) is 9.47 Å². The van der Waals surface area contributed by atoms with Gasteiger partial charge >= 0.3 is 0 Å². The van der Waals surface area contributed by atoms with Crippen LogP contribution >= 0.6 is 0 Å². The molecule has 22 heavy (non-hydrogen) atoms. The standard InChI is InChI=1S/C20H26O2/c1-4-21-16-19(17-12-8-6-9-13-17)20(3,22-5-2)18-14-10-7-11-15-18/h6-15,19H,4-5,16H2,1-3H3. The summed E-state index contributed by atoms with van der Waals surface area (Å²) in [6, 6.07) is 20.9. The predicted molar refractivity (Wildman–Crippen MR) is 91.1 cm³/mol. The smallest absolute Gasteiger partial charge is 0.0993 e. The Morgan fingerprint density at radius 1 is 0.864 bits per heavy atom. The summed E-state index contributed by atoms with van der Waals surface area (Å²) >= 11 is 0. The molecular formula is C20H26O2. The zero-order valence-electron chi connectivity index (χ0n) is 13.8. The van der Waals surface area contributed by atoms with Crippen LogP contribution in [-0.4, -0.2) is 19.8 Å². The van der Waals surface area contributed by atoms with Crippen LogP contribution in [-0.2, 0) is 15.1 Å². The molecule has 0 saturated heterocycles. The van der Waals surface area contributed by atoms with Crippen LogP contribution in [0.4, 0.5) is 0 Å². The molecule has 2 aromatic rings. The topological polar surface area (TPSA) is 18.5 Å². The number of hydrogen-bond acceptors (Lipinski definition) is 2. The highest BCUT2D eigenvalue weighted by atomic mass is 16.5. The molecule has 0 aromatic heterocycles. The van der Waals surface area contributed by atoms with Gasteiger partial charge in [-0.15, -0.1) is 0 Å². The zero-order valence-corrected chi connectivity index (χ0v) is 13.8. The van der Waals surface area contributed by atoms with Gasteiger partial charge in [0.15, 0.2) is 0 Å². The molecule has 0 radical (unpaired) electrons. The van der Waals surface area contributed by atoms with Gasteiger partial charge in [0.1, 0.15) is 0 Å². The van der Waals surface area contributed by atoms with Gasteiger partial charge in [0.2, 0.25) is 0 Å². The summed E-state index contributed by atoms with van der Waals surface area (Å²) in [5.74, 6) is 0.149. The van der Waals surface area contributed by atoms with E-state index in [1.165, 1.54) is 11.1 Å². The quantitative estimate of drug-likeness (QED) is 0.699. The minimum atomic E-state index is -0.410. The molecule has 0 fully saturated rings. The van der Waals surface area contributed by atoms with Crippen molar-refractivity contribution in [2.24, 2.45) is 0 Å². The van der Waals surface area contributed by atoms with Crippen LogP contribution < -0.4 is 0 Å². The molecule has 2 heteroatoms. The van der Waals surface area contributed by atoms with Crippen molar-refractivity contribution in [1.29, 1.82) is 0 Å². The third-order valence-corrected chi connectivity index (χ3v) is 4.15. The molecule has 0 N–H and O–H groups in total. The first-order chi connectivity index (χ1) is 10.7. The summed E-state index contributed by atoms with van der Waals surface area (Å²) in [6.45, 7) is 8.27. The first kappa shape index (κ1) is 16.7. The van der Waals surface area contributed by atoms with Gasteiger partial charge < -0.3 is 9.47 Å². The lowest BCUT2D eigenvalue weighted by Crippen LogP contribution is -2.36. The summed E-state index contributed by atoms with van der Waals surface area (Å²) in [4.78, 5) is 0. The normalized spacial score (nSPS) is 15.2. The van der Waals surface area contributed by atoms with E-state index in [-0.39, 0.29) is 5.92 Å². The van der Waals surface area contributed by atoms with Gasteiger partial charge in [0.25, 0.3) is 0 Å². The van der Waals surface area contributed by atoms with Crippen LogP contribution in [0.3, 0.4) is 0 Å². The summed E-state index contributed by atoms with van der Waals surface area (Å²) in [6.07, 6.45) is 0. The van der Waals surface area contributed by atoms with E-state index in [0.29, 0.717) is 19.8 Å². The Balaban J connectivity index is 2.44. The van der Waals surface area contributed by atoms with Gasteiger partial charge in [0.05, 0.1) is 12.2 Å². The molecule has 118 valence electrons. The molecule has 0 saturated carbocycles. The second kappa shape index (κ2) is 8.11. The molecule has 0 aliphatic rings. The Kier molecular flexibility index (Phi) is 6.17. The average molecular weight is 298 g/mol. The minimum Gasteiger partial charge on any atom is -0.381 e. The van der Waals surface area contributed by atoms with Crippen molar-refractivity contribution < 1.29 is 9.47 Å². The van der Waals surface area contributed by atoms with Gasteiger partial charge in [0, 0.05) is 19.1 Å². The number of rotatable bonds is 8. The Bertz CT molecular complexity index is 538. The van der Waals surface area contributed by atoms with Crippen LogP contribution in [0.25, 0.3) is 0 Å².